The third-order valence-electron chi connectivity index (χ3n) is 9.69. The first-order chi connectivity index (χ1) is 18.4. The number of nitrogens with one attached hydrogen (secondary N) is 1. The fraction of sp³-hybridized carbons (Fsp3) is 0.633. The number of rotatable bonds is 8. The second kappa shape index (κ2) is 10.6. The lowest BCUT2D eigenvalue weighted by atomic mass is 9.49. The molecule has 0 atom stereocenters. The van der Waals surface area contributed by atoms with Crippen LogP contribution in [0.2, 0.25) is 5.02 Å². The number of ether oxygens (including phenoxy) is 1. The number of piperazine rings is 1. The molecule has 5 fully saturated rings. The van der Waals surface area contributed by atoms with E-state index in [0.29, 0.717) is 35.5 Å². The van der Waals surface area contributed by atoms with Gasteiger partial charge in [0, 0.05) is 44.7 Å². The van der Waals surface area contributed by atoms with Crippen molar-refractivity contribution in [1.82, 2.24) is 15.2 Å². The van der Waals surface area contributed by atoms with E-state index in [0.717, 1.165) is 67.1 Å². The lowest BCUT2D eigenvalue weighted by Crippen LogP contribution is -2.47. The summed E-state index contributed by atoms with van der Waals surface area (Å²) in [5.41, 5.74) is 1.76. The number of halogens is 1. The highest BCUT2D eigenvalue weighted by Gasteiger charge is 2.50. The topological polar surface area (TPSA) is 74.8 Å². The number of benzene rings is 1. The fourth-order valence-corrected chi connectivity index (χ4v) is 8.50. The van der Waals surface area contributed by atoms with E-state index < -0.39 is 0 Å². The molecular weight excluding hydrogens is 500 g/mol. The number of hydrogen-bond donors (Lipinski definition) is 1. The highest BCUT2D eigenvalue weighted by Crippen LogP contribution is 2.61. The van der Waals surface area contributed by atoms with Gasteiger partial charge in [-0.2, -0.15) is 0 Å². The molecule has 1 aromatic heterocycles. The number of carbonyl (C=O) groups excluding carboxylic acids is 2. The first kappa shape index (κ1) is 25.9. The number of hydrogen-bond acceptors (Lipinski definition) is 6. The molecule has 4 aliphatic carbocycles. The third kappa shape index (κ3) is 5.24. The highest BCUT2D eigenvalue weighted by atomic mass is 35.5. The Hall–Kier alpha value is -2.38. The molecule has 0 spiro atoms. The van der Waals surface area contributed by atoms with Crippen LogP contribution in [0.3, 0.4) is 0 Å². The van der Waals surface area contributed by atoms with Crippen LogP contribution in [-0.4, -0.2) is 68.1 Å². The van der Waals surface area contributed by atoms with Gasteiger partial charge < -0.3 is 15.0 Å². The molecule has 5 aliphatic rings. The molecule has 1 aromatic carbocycles. The predicted molar refractivity (Wildman–Crippen MR) is 150 cm³/mol. The predicted octanol–water partition coefficient (Wildman–Crippen LogP) is 4.91. The van der Waals surface area contributed by atoms with Crippen LogP contribution in [0.15, 0.2) is 24.3 Å². The molecule has 8 heteroatoms. The second-order valence-corrected chi connectivity index (χ2v) is 12.6. The van der Waals surface area contributed by atoms with Gasteiger partial charge in [0.2, 0.25) is 0 Å². The Balaban J connectivity index is 1.09. The van der Waals surface area contributed by atoms with Crippen LogP contribution in [0, 0.1) is 23.2 Å². The van der Waals surface area contributed by atoms with Crippen molar-refractivity contribution >= 4 is 40.2 Å². The molecule has 38 heavy (non-hydrogen) atoms. The maximum atomic E-state index is 13.3. The number of fused-ring (bicyclic) bond motifs is 1. The fourth-order valence-electron chi connectivity index (χ4n) is 8.25. The van der Waals surface area contributed by atoms with Crippen molar-refractivity contribution in [3.8, 4) is 0 Å². The summed E-state index contributed by atoms with van der Waals surface area (Å²) in [6, 6.07) is 7.68. The van der Waals surface area contributed by atoms with Gasteiger partial charge in [-0.15, -0.1) is 0 Å². The molecule has 7 nitrogen and oxygen atoms in total. The Kier molecular flexibility index (Phi) is 7.25. The molecule has 4 bridgehead atoms. The zero-order valence-electron chi connectivity index (χ0n) is 22.4. The van der Waals surface area contributed by atoms with Gasteiger partial charge in [-0.1, -0.05) is 11.6 Å². The summed E-state index contributed by atoms with van der Waals surface area (Å²) >= 11 is 6.56. The number of nitrogens with zero attached hydrogens (tertiary/aromatic N) is 3. The Morgan fingerprint density at radius 2 is 1.71 bits per heavy atom. The molecule has 1 amide bonds. The van der Waals surface area contributed by atoms with E-state index in [1.165, 1.54) is 45.6 Å². The first-order valence-electron chi connectivity index (χ1n) is 14.3. The number of pyridine rings is 1. The molecule has 0 unspecified atom stereocenters. The van der Waals surface area contributed by atoms with E-state index in [1.807, 2.05) is 18.2 Å². The summed E-state index contributed by atoms with van der Waals surface area (Å²) < 4.78 is 4.75. The summed E-state index contributed by atoms with van der Waals surface area (Å²) in [6.45, 7) is 4.84. The summed E-state index contributed by atoms with van der Waals surface area (Å²) in [4.78, 5) is 34.2. The van der Waals surface area contributed by atoms with E-state index in [1.54, 1.807) is 6.07 Å². The summed E-state index contributed by atoms with van der Waals surface area (Å²) in [6.07, 6.45) is 9.89. The van der Waals surface area contributed by atoms with Crippen molar-refractivity contribution in [3.05, 3.63) is 34.9 Å². The van der Waals surface area contributed by atoms with Crippen LogP contribution in [-0.2, 0) is 9.53 Å². The van der Waals surface area contributed by atoms with Crippen molar-refractivity contribution in [2.75, 3.05) is 51.3 Å². The molecule has 1 saturated heterocycles. The maximum absolute atomic E-state index is 13.3. The molecule has 4 saturated carbocycles. The average Bonchev–Trinajstić information content (AvgIpc) is 2.90. The normalized spacial score (nSPS) is 28.6. The monoisotopic (exact) mass is 538 g/mol. The SMILES string of the molecule is COC(=O)CCN1CCN(c2ccc3c(C(=O)NCCC45CC6CC(CC(C6)C4)C5)c(Cl)ccc3n2)CC1. The number of methoxy groups -OCH3 is 1. The Morgan fingerprint density at radius 1 is 1.03 bits per heavy atom. The van der Waals surface area contributed by atoms with Crippen molar-refractivity contribution in [3.63, 3.8) is 0 Å². The number of amides is 1. The third-order valence-corrected chi connectivity index (χ3v) is 10.0. The minimum Gasteiger partial charge on any atom is -0.469 e. The van der Waals surface area contributed by atoms with Gasteiger partial charge in [0.25, 0.3) is 5.91 Å². The zero-order valence-corrected chi connectivity index (χ0v) is 23.1. The quantitative estimate of drug-likeness (QED) is 0.481. The number of aromatic nitrogens is 1. The van der Waals surface area contributed by atoms with Gasteiger partial charge >= 0.3 is 5.97 Å². The van der Waals surface area contributed by atoms with Gasteiger partial charge in [0.1, 0.15) is 5.82 Å². The van der Waals surface area contributed by atoms with Gasteiger partial charge in [-0.3, -0.25) is 14.5 Å². The van der Waals surface area contributed by atoms with E-state index in [4.69, 9.17) is 21.3 Å². The molecule has 1 N–H and O–H groups in total. The van der Waals surface area contributed by atoms with Crippen LogP contribution in [0.25, 0.3) is 10.9 Å². The largest absolute Gasteiger partial charge is 0.469 e. The van der Waals surface area contributed by atoms with Crippen LogP contribution < -0.4 is 10.2 Å². The molecule has 2 heterocycles. The number of esters is 1. The first-order valence-corrected chi connectivity index (χ1v) is 14.7. The minimum atomic E-state index is -0.171. The molecular formula is C30H39ClN4O3. The van der Waals surface area contributed by atoms with Crippen LogP contribution in [0.4, 0.5) is 5.82 Å². The summed E-state index contributed by atoms with van der Waals surface area (Å²) in [5.74, 6) is 3.40. The smallest absolute Gasteiger partial charge is 0.306 e. The second-order valence-electron chi connectivity index (χ2n) is 12.2. The Bertz CT molecular complexity index is 1170. The lowest BCUT2D eigenvalue weighted by Gasteiger charge is -2.57. The molecule has 1 aliphatic heterocycles. The number of anilines is 1. The van der Waals surface area contributed by atoms with Gasteiger partial charge in [0.15, 0.2) is 0 Å². The van der Waals surface area contributed by atoms with E-state index in [-0.39, 0.29) is 11.9 Å². The van der Waals surface area contributed by atoms with Crippen molar-refractivity contribution < 1.29 is 14.3 Å². The minimum absolute atomic E-state index is 0.0981. The van der Waals surface area contributed by atoms with E-state index in [2.05, 4.69) is 15.1 Å². The molecule has 7 rings (SSSR count). The van der Waals surface area contributed by atoms with E-state index >= 15 is 0 Å². The average molecular weight is 539 g/mol. The highest BCUT2D eigenvalue weighted by molar-refractivity contribution is 6.35. The van der Waals surface area contributed by atoms with Crippen molar-refractivity contribution in [2.45, 2.75) is 51.4 Å². The Labute approximate surface area is 230 Å². The summed E-state index contributed by atoms with van der Waals surface area (Å²) in [5, 5.41) is 4.48. The molecule has 0 radical (unpaired) electrons. The van der Waals surface area contributed by atoms with Gasteiger partial charge in [-0.05, 0) is 92.4 Å². The van der Waals surface area contributed by atoms with Crippen LogP contribution in [0.5, 0.6) is 0 Å². The zero-order chi connectivity index (χ0) is 26.3. The van der Waals surface area contributed by atoms with Gasteiger partial charge in [-0.25, -0.2) is 4.98 Å². The molecule has 2 aromatic rings. The standard InChI is InChI=1S/C30H39ClN4O3/c1-38-27(36)6-9-34-10-12-35(13-11-34)26-5-2-23-25(33-26)4-3-24(31)28(23)29(37)32-8-7-30-17-20-14-21(18-30)16-22(15-20)19-30/h2-5,20-22H,6-19H2,1H3,(H,32,37). The molecule has 204 valence electrons. The van der Waals surface area contributed by atoms with Gasteiger partial charge in [0.05, 0.1) is 29.6 Å². The van der Waals surface area contributed by atoms with Crippen molar-refractivity contribution in [2.24, 2.45) is 23.2 Å². The van der Waals surface area contributed by atoms with Crippen LogP contribution >= 0.6 is 11.6 Å². The summed E-state index contributed by atoms with van der Waals surface area (Å²) in [7, 11) is 1.43. The van der Waals surface area contributed by atoms with Crippen LogP contribution in [0.1, 0.15) is 61.7 Å². The van der Waals surface area contributed by atoms with Crippen molar-refractivity contribution in [1.29, 1.82) is 0 Å². The Morgan fingerprint density at radius 3 is 2.37 bits per heavy atom. The lowest BCUT2D eigenvalue weighted by molar-refractivity contribution is -0.141. The maximum Gasteiger partial charge on any atom is 0.306 e. The number of carbonyl (C=O) groups is 2. The van der Waals surface area contributed by atoms with E-state index in [9.17, 15) is 9.59 Å².